The molecule has 2 aliphatic heterocycles. The summed E-state index contributed by atoms with van der Waals surface area (Å²) in [6, 6.07) is 18.5. The molecule has 1 amide bonds. The van der Waals surface area contributed by atoms with Crippen molar-refractivity contribution in [2.24, 2.45) is 0 Å². The number of benzene rings is 2. The van der Waals surface area contributed by atoms with Crippen LogP contribution in [0.3, 0.4) is 0 Å². The molecule has 144 valence electrons. The molecular weight excluding hydrogens is 367 g/mol. The molecule has 5 heteroatoms. The lowest BCUT2D eigenvalue weighted by atomic mass is 9.84. The van der Waals surface area contributed by atoms with E-state index in [1.54, 1.807) is 17.2 Å². The van der Waals surface area contributed by atoms with Gasteiger partial charge in [0.25, 0.3) is 0 Å². The molecule has 1 fully saturated rings. The maximum Gasteiger partial charge on any atom is 0.410 e. The molecule has 0 bridgehead atoms. The number of halogens is 1. The van der Waals surface area contributed by atoms with Crippen molar-refractivity contribution < 1.29 is 13.9 Å². The van der Waals surface area contributed by atoms with E-state index in [9.17, 15) is 9.18 Å². The molecule has 1 saturated heterocycles. The third-order valence-corrected chi connectivity index (χ3v) is 5.60. The van der Waals surface area contributed by atoms with Crippen LogP contribution in [0.2, 0.25) is 0 Å². The number of aromatic nitrogens is 1. The van der Waals surface area contributed by atoms with Gasteiger partial charge in [0.1, 0.15) is 12.4 Å². The smallest absolute Gasteiger partial charge is 0.410 e. The van der Waals surface area contributed by atoms with Crippen LogP contribution < -0.4 is 0 Å². The fraction of sp³-hybridized carbons (Fsp3) is 0.167. The van der Waals surface area contributed by atoms with Gasteiger partial charge in [-0.25, -0.2) is 9.18 Å². The third kappa shape index (κ3) is 3.29. The first-order valence-electron chi connectivity index (χ1n) is 9.60. The van der Waals surface area contributed by atoms with Crippen LogP contribution >= 0.6 is 0 Å². The molecule has 1 unspecified atom stereocenters. The number of carbonyl (C=O) groups excluding carboxylic acids is 1. The predicted octanol–water partition coefficient (Wildman–Crippen LogP) is 5.02. The molecule has 3 aromatic rings. The Labute approximate surface area is 168 Å². The van der Waals surface area contributed by atoms with Crippen LogP contribution in [-0.2, 0) is 11.3 Å². The summed E-state index contributed by atoms with van der Waals surface area (Å²) in [5.74, 6) is -0.212. The minimum Gasteiger partial charge on any atom is -0.447 e. The summed E-state index contributed by atoms with van der Waals surface area (Å²) in [5, 5.41) is 0. The van der Waals surface area contributed by atoms with E-state index < -0.39 is 0 Å². The zero-order valence-electron chi connectivity index (χ0n) is 15.7. The van der Waals surface area contributed by atoms with Crippen LogP contribution in [0, 0.1) is 5.82 Å². The highest BCUT2D eigenvalue weighted by Gasteiger charge is 2.42. The first kappa shape index (κ1) is 17.6. The Morgan fingerprint density at radius 3 is 2.79 bits per heavy atom. The summed E-state index contributed by atoms with van der Waals surface area (Å²) in [4.78, 5) is 18.4. The second-order valence-electron chi connectivity index (χ2n) is 7.34. The minimum atomic E-state index is -0.264. The molecule has 2 atom stereocenters. The van der Waals surface area contributed by atoms with Crippen molar-refractivity contribution >= 4 is 12.2 Å². The Morgan fingerprint density at radius 2 is 1.97 bits per heavy atom. The molecule has 0 saturated carbocycles. The van der Waals surface area contributed by atoms with Gasteiger partial charge in [0.15, 0.2) is 0 Å². The van der Waals surface area contributed by atoms with Crippen molar-refractivity contribution in [1.29, 1.82) is 0 Å². The van der Waals surface area contributed by atoms with Crippen molar-refractivity contribution in [3.8, 4) is 11.1 Å². The van der Waals surface area contributed by atoms with Crippen LogP contribution in [0.5, 0.6) is 0 Å². The van der Waals surface area contributed by atoms with E-state index in [-0.39, 0.29) is 23.9 Å². The highest BCUT2D eigenvalue weighted by atomic mass is 19.1. The fourth-order valence-corrected chi connectivity index (χ4v) is 4.12. The summed E-state index contributed by atoms with van der Waals surface area (Å²) in [6.45, 7) is 0.985. The Morgan fingerprint density at radius 1 is 1.07 bits per heavy atom. The van der Waals surface area contributed by atoms with Crippen molar-refractivity contribution in [1.82, 2.24) is 9.88 Å². The normalized spacial score (nSPS) is 20.4. The Bertz CT molecular complexity index is 1090. The Balaban J connectivity index is 1.42. The van der Waals surface area contributed by atoms with Crippen molar-refractivity contribution in [2.45, 2.75) is 18.5 Å². The zero-order chi connectivity index (χ0) is 19.8. The Hall–Kier alpha value is -3.47. The summed E-state index contributed by atoms with van der Waals surface area (Å²) in [7, 11) is 0. The molecule has 0 radical (unpaired) electrons. The van der Waals surface area contributed by atoms with E-state index in [1.165, 1.54) is 17.7 Å². The van der Waals surface area contributed by atoms with E-state index in [1.807, 2.05) is 36.4 Å². The summed E-state index contributed by atoms with van der Waals surface area (Å²) < 4.78 is 18.7. The van der Waals surface area contributed by atoms with Crippen LogP contribution in [0.25, 0.3) is 17.2 Å². The number of carbonyl (C=O) groups is 1. The topological polar surface area (TPSA) is 42.4 Å². The monoisotopic (exact) mass is 386 g/mol. The highest BCUT2D eigenvalue weighted by molar-refractivity contribution is 5.72. The zero-order valence-corrected chi connectivity index (χ0v) is 15.7. The molecule has 2 aromatic carbocycles. The maximum atomic E-state index is 13.4. The molecule has 0 spiro atoms. The Kier molecular flexibility index (Phi) is 4.35. The van der Waals surface area contributed by atoms with Gasteiger partial charge in [0.2, 0.25) is 0 Å². The number of nitrogens with zero attached hydrogens (tertiary/aromatic N) is 2. The van der Waals surface area contributed by atoms with Gasteiger partial charge in [-0.15, -0.1) is 0 Å². The van der Waals surface area contributed by atoms with E-state index in [0.717, 1.165) is 22.4 Å². The second-order valence-corrected chi connectivity index (χ2v) is 7.34. The second kappa shape index (κ2) is 7.17. The van der Waals surface area contributed by atoms with E-state index >= 15 is 0 Å². The molecule has 4 nitrogen and oxygen atoms in total. The van der Waals surface area contributed by atoms with Gasteiger partial charge in [0, 0.05) is 24.2 Å². The van der Waals surface area contributed by atoms with Gasteiger partial charge < -0.3 is 4.74 Å². The number of pyridine rings is 1. The first-order valence-corrected chi connectivity index (χ1v) is 9.60. The van der Waals surface area contributed by atoms with E-state index in [2.05, 4.69) is 23.2 Å². The van der Waals surface area contributed by atoms with Crippen LogP contribution in [-0.4, -0.2) is 28.6 Å². The third-order valence-electron chi connectivity index (χ3n) is 5.60. The average Bonchev–Trinajstić information content (AvgIpc) is 3.12. The standard InChI is InChI=1S/C24H19FN2O2/c25-19-6-3-5-16(12-19)17-8-9-20(26-13-17)10-11-22-21-7-2-1-4-18(21)14-27-23(22)15-29-24(27)28/h1-13,22-23H,14-15H2/b11-10+/t22?,23-/m1/s1. The molecule has 2 aliphatic rings. The van der Waals surface area contributed by atoms with Gasteiger partial charge in [-0.1, -0.05) is 48.5 Å². The summed E-state index contributed by atoms with van der Waals surface area (Å²) >= 11 is 0. The number of cyclic esters (lactones) is 1. The van der Waals surface area contributed by atoms with Gasteiger partial charge in [-0.2, -0.15) is 0 Å². The average molecular weight is 386 g/mol. The minimum absolute atomic E-state index is 0.000201. The number of hydrogen-bond acceptors (Lipinski definition) is 3. The van der Waals surface area contributed by atoms with Gasteiger partial charge in [-0.3, -0.25) is 9.88 Å². The number of fused-ring (bicyclic) bond motifs is 2. The highest BCUT2D eigenvalue weighted by Crippen LogP contribution is 2.37. The van der Waals surface area contributed by atoms with E-state index in [4.69, 9.17) is 4.74 Å². The maximum absolute atomic E-state index is 13.4. The predicted molar refractivity (Wildman–Crippen MR) is 109 cm³/mol. The van der Waals surface area contributed by atoms with Crippen LogP contribution in [0.15, 0.2) is 72.9 Å². The quantitative estimate of drug-likeness (QED) is 0.635. The van der Waals surface area contributed by atoms with Gasteiger partial charge >= 0.3 is 6.09 Å². The largest absolute Gasteiger partial charge is 0.447 e. The molecule has 3 heterocycles. The van der Waals surface area contributed by atoms with Crippen LogP contribution in [0.1, 0.15) is 22.7 Å². The van der Waals surface area contributed by atoms with Crippen molar-refractivity contribution in [3.05, 3.63) is 95.6 Å². The van der Waals surface area contributed by atoms with E-state index in [0.29, 0.717) is 13.2 Å². The number of ether oxygens (including phenoxy) is 1. The SMILES string of the molecule is O=C1OC[C@@H]2C(/C=C/c3ccc(-c4cccc(F)c4)cn3)c3ccccc3CN12. The number of hydrogen-bond donors (Lipinski definition) is 0. The fourth-order valence-electron chi connectivity index (χ4n) is 4.12. The number of rotatable bonds is 3. The lowest BCUT2D eigenvalue weighted by Gasteiger charge is -2.34. The van der Waals surface area contributed by atoms with Gasteiger partial charge in [-0.05, 0) is 41.0 Å². The lowest BCUT2D eigenvalue weighted by molar-refractivity contribution is 0.154. The summed E-state index contributed by atoms with van der Waals surface area (Å²) in [6.07, 6.45) is 5.57. The van der Waals surface area contributed by atoms with Crippen LogP contribution in [0.4, 0.5) is 9.18 Å². The number of amides is 1. The molecule has 0 N–H and O–H groups in total. The molecule has 1 aromatic heterocycles. The first-order chi connectivity index (χ1) is 14.2. The van der Waals surface area contributed by atoms with Crippen molar-refractivity contribution in [3.63, 3.8) is 0 Å². The van der Waals surface area contributed by atoms with Crippen molar-refractivity contribution in [2.75, 3.05) is 6.61 Å². The summed E-state index contributed by atoms with van der Waals surface area (Å²) in [5.41, 5.74) is 4.84. The lowest BCUT2D eigenvalue weighted by Crippen LogP contribution is -2.41. The molecular formula is C24H19FN2O2. The van der Waals surface area contributed by atoms with Gasteiger partial charge in [0.05, 0.1) is 11.7 Å². The molecule has 5 rings (SSSR count). The molecule has 29 heavy (non-hydrogen) atoms. The molecule has 0 aliphatic carbocycles.